The first-order chi connectivity index (χ1) is 6.49. The molecule has 0 spiro atoms. The highest BCUT2D eigenvalue weighted by molar-refractivity contribution is 5.25. The molecule has 0 aliphatic carbocycles. The minimum Gasteiger partial charge on any atom is -0.388 e. The molecule has 0 saturated carbocycles. The van der Waals surface area contributed by atoms with Crippen LogP contribution in [0.25, 0.3) is 0 Å². The highest BCUT2D eigenvalue weighted by Crippen LogP contribution is 2.33. The van der Waals surface area contributed by atoms with Crippen LogP contribution in [-0.4, -0.2) is 16.6 Å². The molecule has 1 aromatic rings. The van der Waals surface area contributed by atoms with Gasteiger partial charge in [0.2, 0.25) is 0 Å². The summed E-state index contributed by atoms with van der Waals surface area (Å²) < 4.78 is 0. The van der Waals surface area contributed by atoms with Crippen molar-refractivity contribution < 1.29 is 5.11 Å². The summed E-state index contributed by atoms with van der Waals surface area (Å²) in [5.74, 6) is 0. The Morgan fingerprint density at radius 2 is 2.21 bits per heavy atom. The fourth-order valence-corrected chi connectivity index (χ4v) is 1.30. The van der Waals surface area contributed by atoms with Gasteiger partial charge in [0.1, 0.15) is 0 Å². The molecule has 0 amide bonds. The number of nitrogens with zero attached hydrogens (tertiary/aromatic N) is 1. The Morgan fingerprint density at radius 1 is 1.57 bits per heavy atom. The summed E-state index contributed by atoms with van der Waals surface area (Å²) in [5.41, 5.74) is 7.22. The number of hydrogen-bond donors (Lipinski definition) is 2. The Bertz CT molecular complexity index is 310. The van der Waals surface area contributed by atoms with Gasteiger partial charge in [-0.1, -0.05) is 13.8 Å². The first kappa shape index (κ1) is 11.1. The van der Waals surface area contributed by atoms with E-state index in [1.165, 1.54) is 0 Å². The minimum absolute atomic E-state index is 0.312. The van der Waals surface area contributed by atoms with E-state index in [1.54, 1.807) is 12.4 Å². The largest absolute Gasteiger partial charge is 0.388 e. The maximum atomic E-state index is 10.1. The van der Waals surface area contributed by atoms with Crippen molar-refractivity contribution >= 4 is 0 Å². The molecule has 1 aromatic heterocycles. The lowest BCUT2D eigenvalue weighted by atomic mass is 9.82. The molecule has 1 rings (SSSR count). The molecule has 0 radical (unpaired) electrons. The molecule has 0 bridgehead atoms. The van der Waals surface area contributed by atoms with Crippen LogP contribution in [-0.2, 0) is 0 Å². The second kappa shape index (κ2) is 4.07. The molecule has 0 fully saturated rings. The minimum atomic E-state index is -0.554. The van der Waals surface area contributed by atoms with Crippen LogP contribution in [0.4, 0.5) is 0 Å². The van der Waals surface area contributed by atoms with Crippen LogP contribution in [0.5, 0.6) is 0 Å². The number of hydrogen-bond acceptors (Lipinski definition) is 3. The predicted molar refractivity (Wildman–Crippen MR) is 56.8 cm³/mol. The topological polar surface area (TPSA) is 59.1 Å². The molecule has 78 valence electrons. The van der Waals surface area contributed by atoms with Crippen LogP contribution in [0.1, 0.15) is 31.1 Å². The molecule has 3 nitrogen and oxygen atoms in total. The summed E-state index contributed by atoms with van der Waals surface area (Å²) in [6.07, 6.45) is 2.87. The first-order valence-electron chi connectivity index (χ1n) is 4.77. The third-order valence-electron chi connectivity index (χ3n) is 2.64. The third-order valence-corrected chi connectivity index (χ3v) is 2.64. The highest BCUT2D eigenvalue weighted by atomic mass is 16.3. The van der Waals surface area contributed by atoms with E-state index in [1.807, 2.05) is 26.8 Å². The van der Waals surface area contributed by atoms with Gasteiger partial charge < -0.3 is 10.8 Å². The van der Waals surface area contributed by atoms with Crippen molar-refractivity contribution in [3.63, 3.8) is 0 Å². The van der Waals surface area contributed by atoms with E-state index in [2.05, 4.69) is 4.98 Å². The van der Waals surface area contributed by atoms with Gasteiger partial charge in [0.25, 0.3) is 0 Å². The van der Waals surface area contributed by atoms with Gasteiger partial charge in [-0.3, -0.25) is 4.98 Å². The molecular formula is C11H18N2O. The summed E-state index contributed by atoms with van der Waals surface area (Å²) in [6.45, 7) is 6.31. The highest BCUT2D eigenvalue weighted by Gasteiger charge is 2.28. The first-order valence-corrected chi connectivity index (χ1v) is 4.77. The summed E-state index contributed by atoms with van der Waals surface area (Å²) in [6, 6.07) is 1.89. The van der Waals surface area contributed by atoms with E-state index in [9.17, 15) is 5.11 Å². The number of aromatic nitrogens is 1. The number of rotatable bonds is 3. The van der Waals surface area contributed by atoms with Gasteiger partial charge in [0.05, 0.1) is 6.10 Å². The summed E-state index contributed by atoms with van der Waals surface area (Å²) in [5, 5.41) is 10.1. The van der Waals surface area contributed by atoms with E-state index in [4.69, 9.17) is 5.73 Å². The maximum Gasteiger partial charge on any atom is 0.0870 e. The summed E-state index contributed by atoms with van der Waals surface area (Å²) in [7, 11) is 0. The normalized spacial score (nSPS) is 14.1. The van der Waals surface area contributed by atoms with Crippen molar-refractivity contribution in [2.45, 2.75) is 26.9 Å². The Morgan fingerprint density at radius 3 is 2.71 bits per heavy atom. The lowest BCUT2D eigenvalue weighted by Crippen LogP contribution is -2.31. The fourth-order valence-electron chi connectivity index (χ4n) is 1.30. The van der Waals surface area contributed by atoms with Crippen LogP contribution in [0.2, 0.25) is 0 Å². The van der Waals surface area contributed by atoms with Gasteiger partial charge in [0.15, 0.2) is 0 Å². The average Bonchev–Trinajstić information content (AvgIpc) is 2.17. The average molecular weight is 194 g/mol. The van der Waals surface area contributed by atoms with E-state index in [0.29, 0.717) is 6.54 Å². The van der Waals surface area contributed by atoms with E-state index >= 15 is 0 Å². The number of aliphatic hydroxyl groups is 1. The molecule has 0 aliphatic heterocycles. The second-order valence-corrected chi connectivity index (χ2v) is 4.33. The lowest BCUT2D eigenvalue weighted by molar-refractivity contribution is 0.0547. The van der Waals surface area contributed by atoms with E-state index in [0.717, 1.165) is 11.1 Å². The SMILES string of the molecule is Cc1ccncc1C(O)C(C)(C)CN. The Hall–Kier alpha value is -0.930. The molecule has 0 aliphatic rings. The molecule has 3 heteroatoms. The quantitative estimate of drug-likeness (QED) is 0.764. The van der Waals surface area contributed by atoms with Gasteiger partial charge in [0, 0.05) is 29.9 Å². The zero-order valence-corrected chi connectivity index (χ0v) is 8.99. The number of pyridine rings is 1. The van der Waals surface area contributed by atoms with Crippen LogP contribution in [0, 0.1) is 12.3 Å². The fraction of sp³-hybridized carbons (Fsp3) is 0.545. The number of aliphatic hydroxyl groups excluding tert-OH is 1. The second-order valence-electron chi connectivity index (χ2n) is 4.33. The molecule has 1 unspecified atom stereocenters. The summed E-state index contributed by atoms with van der Waals surface area (Å²) in [4.78, 5) is 4.01. The molecule has 0 aromatic carbocycles. The summed E-state index contributed by atoms with van der Waals surface area (Å²) >= 11 is 0. The van der Waals surface area contributed by atoms with Gasteiger partial charge >= 0.3 is 0 Å². The van der Waals surface area contributed by atoms with Crippen molar-refractivity contribution in [1.82, 2.24) is 4.98 Å². The molecule has 14 heavy (non-hydrogen) atoms. The third kappa shape index (κ3) is 2.11. The van der Waals surface area contributed by atoms with Crippen LogP contribution >= 0.6 is 0 Å². The van der Waals surface area contributed by atoms with Crippen LogP contribution in [0.15, 0.2) is 18.5 Å². The standard InChI is InChI=1S/C11H18N2O/c1-8-4-5-13-6-9(8)10(14)11(2,3)7-12/h4-6,10,14H,7,12H2,1-3H3. The van der Waals surface area contributed by atoms with E-state index in [-0.39, 0.29) is 5.41 Å². The zero-order chi connectivity index (χ0) is 10.8. The van der Waals surface area contributed by atoms with E-state index < -0.39 is 6.10 Å². The smallest absolute Gasteiger partial charge is 0.0870 e. The Labute approximate surface area is 85.0 Å². The van der Waals surface area contributed by atoms with Crippen LogP contribution < -0.4 is 5.73 Å². The van der Waals surface area contributed by atoms with Crippen LogP contribution in [0.3, 0.4) is 0 Å². The van der Waals surface area contributed by atoms with Gasteiger partial charge in [-0.2, -0.15) is 0 Å². The molecule has 1 atom stereocenters. The van der Waals surface area contributed by atoms with Crippen molar-refractivity contribution in [1.29, 1.82) is 0 Å². The molecule has 3 N–H and O–H groups in total. The molecule has 1 heterocycles. The van der Waals surface area contributed by atoms with Crippen molar-refractivity contribution in [3.05, 3.63) is 29.6 Å². The number of aryl methyl sites for hydroxylation is 1. The van der Waals surface area contributed by atoms with Gasteiger partial charge in [-0.05, 0) is 18.6 Å². The zero-order valence-electron chi connectivity index (χ0n) is 8.99. The maximum absolute atomic E-state index is 10.1. The molecule has 0 saturated heterocycles. The number of nitrogens with two attached hydrogens (primary N) is 1. The van der Waals surface area contributed by atoms with Crippen molar-refractivity contribution in [2.24, 2.45) is 11.1 Å². The van der Waals surface area contributed by atoms with Gasteiger partial charge in [-0.25, -0.2) is 0 Å². The van der Waals surface area contributed by atoms with Crippen molar-refractivity contribution in [3.8, 4) is 0 Å². The van der Waals surface area contributed by atoms with Gasteiger partial charge in [-0.15, -0.1) is 0 Å². The Balaban J connectivity index is 3.00. The molecular weight excluding hydrogens is 176 g/mol. The van der Waals surface area contributed by atoms with Crippen molar-refractivity contribution in [2.75, 3.05) is 6.54 Å². The monoisotopic (exact) mass is 194 g/mol. The lowest BCUT2D eigenvalue weighted by Gasteiger charge is -2.29. The predicted octanol–water partition coefficient (Wildman–Crippen LogP) is 1.41. The Kier molecular flexibility index (Phi) is 3.24.